The summed E-state index contributed by atoms with van der Waals surface area (Å²) < 4.78 is 13.3. The van der Waals surface area contributed by atoms with Crippen LogP contribution in [0, 0.1) is 12.7 Å². The zero-order chi connectivity index (χ0) is 17.1. The summed E-state index contributed by atoms with van der Waals surface area (Å²) in [6.07, 6.45) is 1.33. The lowest BCUT2D eigenvalue weighted by atomic mass is 10.1. The van der Waals surface area contributed by atoms with Gasteiger partial charge < -0.3 is 16.0 Å². The first-order chi connectivity index (χ1) is 11.1. The molecule has 1 aromatic rings. The summed E-state index contributed by atoms with van der Waals surface area (Å²) in [5.41, 5.74) is 1.56. The molecule has 1 aromatic carbocycles. The molecule has 0 atom stereocenters. The minimum absolute atomic E-state index is 0. The Balaban J connectivity index is 0.00000529. The Morgan fingerprint density at radius 1 is 1.17 bits per heavy atom. The summed E-state index contributed by atoms with van der Waals surface area (Å²) in [5, 5.41) is 9.09. The Labute approximate surface area is 160 Å². The van der Waals surface area contributed by atoms with E-state index in [1.54, 1.807) is 19.1 Å². The van der Waals surface area contributed by atoms with Crippen LogP contribution >= 0.6 is 24.0 Å². The molecule has 1 rings (SSSR count). The normalized spacial score (nSPS) is 10.8. The second-order valence-electron chi connectivity index (χ2n) is 5.31. The lowest BCUT2D eigenvalue weighted by Gasteiger charge is -2.11. The standard InChI is InChI=1S/C17H27FN4O.HI/c1-4-9-20-16(23)8-10-21-17(19-5-2)22-12-14-6-7-15(18)13(3)11-14;/h6-7,11H,4-5,8-10,12H2,1-3H3,(H,20,23)(H2,19,21,22);1H. The largest absolute Gasteiger partial charge is 0.357 e. The number of aryl methyl sites for hydroxylation is 1. The van der Waals surface area contributed by atoms with Gasteiger partial charge in [-0.25, -0.2) is 9.38 Å². The summed E-state index contributed by atoms with van der Waals surface area (Å²) in [6, 6.07) is 4.98. The maximum atomic E-state index is 13.3. The van der Waals surface area contributed by atoms with E-state index in [9.17, 15) is 9.18 Å². The van der Waals surface area contributed by atoms with Crippen LogP contribution in [0.4, 0.5) is 4.39 Å². The Morgan fingerprint density at radius 2 is 1.92 bits per heavy atom. The summed E-state index contributed by atoms with van der Waals surface area (Å²) in [7, 11) is 0. The Hall–Kier alpha value is -1.38. The van der Waals surface area contributed by atoms with Crippen molar-refractivity contribution in [2.75, 3.05) is 19.6 Å². The molecule has 0 aromatic heterocycles. The summed E-state index contributed by atoms with van der Waals surface area (Å²) >= 11 is 0. The zero-order valence-corrected chi connectivity index (χ0v) is 16.9. The molecule has 0 fully saturated rings. The van der Waals surface area contributed by atoms with E-state index in [0.717, 1.165) is 18.5 Å². The molecule has 136 valence electrons. The van der Waals surface area contributed by atoms with Crippen LogP contribution in [-0.4, -0.2) is 31.5 Å². The van der Waals surface area contributed by atoms with Crippen LogP contribution < -0.4 is 16.0 Å². The number of hydrogen-bond donors (Lipinski definition) is 3. The minimum Gasteiger partial charge on any atom is -0.357 e. The minimum atomic E-state index is -0.208. The number of amides is 1. The first-order valence-electron chi connectivity index (χ1n) is 8.10. The average Bonchev–Trinajstić information content (AvgIpc) is 2.53. The van der Waals surface area contributed by atoms with Crippen LogP contribution in [0.2, 0.25) is 0 Å². The number of aliphatic imine (C=N–C) groups is 1. The van der Waals surface area contributed by atoms with Gasteiger partial charge in [-0.15, -0.1) is 24.0 Å². The Bertz CT molecular complexity index is 537. The van der Waals surface area contributed by atoms with E-state index in [0.29, 0.717) is 37.6 Å². The van der Waals surface area contributed by atoms with Crippen molar-refractivity contribution < 1.29 is 9.18 Å². The topological polar surface area (TPSA) is 65.5 Å². The highest BCUT2D eigenvalue weighted by Gasteiger charge is 2.03. The molecule has 0 unspecified atom stereocenters. The molecule has 0 saturated carbocycles. The van der Waals surface area contributed by atoms with Gasteiger partial charge in [0.2, 0.25) is 5.91 Å². The van der Waals surface area contributed by atoms with Gasteiger partial charge in [0.15, 0.2) is 5.96 Å². The van der Waals surface area contributed by atoms with E-state index in [1.165, 1.54) is 6.07 Å². The van der Waals surface area contributed by atoms with E-state index >= 15 is 0 Å². The van der Waals surface area contributed by atoms with Crippen LogP contribution in [0.15, 0.2) is 23.2 Å². The maximum Gasteiger partial charge on any atom is 0.221 e. The second kappa shape index (κ2) is 13.0. The zero-order valence-electron chi connectivity index (χ0n) is 14.6. The van der Waals surface area contributed by atoms with E-state index in [-0.39, 0.29) is 35.7 Å². The highest BCUT2D eigenvalue weighted by Crippen LogP contribution is 2.09. The molecule has 0 aliphatic carbocycles. The molecule has 0 bridgehead atoms. The number of carbonyl (C=O) groups is 1. The first kappa shape index (κ1) is 22.6. The fraction of sp³-hybridized carbons (Fsp3) is 0.529. The van der Waals surface area contributed by atoms with Gasteiger partial charge >= 0.3 is 0 Å². The predicted octanol–water partition coefficient (Wildman–Crippen LogP) is 2.72. The molecule has 5 nitrogen and oxygen atoms in total. The molecule has 3 N–H and O–H groups in total. The third-order valence-electron chi connectivity index (χ3n) is 3.20. The summed E-state index contributed by atoms with van der Waals surface area (Å²) in [5.74, 6) is 0.475. The summed E-state index contributed by atoms with van der Waals surface area (Å²) in [6.45, 7) is 8.15. The lowest BCUT2D eigenvalue weighted by molar-refractivity contribution is -0.120. The van der Waals surface area contributed by atoms with Gasteiger partial charge in [-0.05, 0) is 37.5 Å². The lowest BCUT2D eigenvalue weighted by Crippen LogP contribution is -2.39. The number of guanidine groups is 1. The molecular weight excluding hydrogens is 422 g/mol. The number of nitrogens with one attached hydrogen (secondary N) is 3. The van der Waals surface area contributed by atoms with Crippen LogP contribution in [0.5, 0.6) is 0 Å². The van der Waals surface area contributed by atoms with Crippen molar-refractivity contribution in [3.05, 3.63) is 35.1 Å². The van der Waals surface area contributed by atoms with Crippen molar-refractivity contribution in [2.24, 2.45) is 4.99 Å². The fourth-order valence-electron chi connectivity index (χ4n) is 1.96. The third kappa shape index (κ3) is 9.05. The van der Waals surface area contributed by atoms with E-state index in [4.69, 9.17) is 0 Å². The molecular formula is C17H28FIN4O. The molecule has 0 radical (unpaired) electrons. The van der Waals surface area contributed by atoms with Crippen molar-refractivity contribution in [3.8, 4) is 0 Å². The quantitative estimate of drug-likeness (QED) is 0.324. The van der Waals surface area contributed by atoms with Crippen molar-refractivity contribution >= 4 is 35.8 Å². The van der Waals surface area contributed by atoms with Crippen molar-refractivity contribution in [1.29, 1.82) is 0 Å². The number of hydrogen-bond acceptors (Lipinski definition) is 2. The van der Waals surface area contributed by atoms with Gasteiger partial charge in [0.05, 0.1) is 6.54 Å². The first-order valence-corrected chi connectivity index (χ1v) is 8.10. The average molecular weight is 450 g/mol. The molecule has 24 heavy (non-hydrogen) atoms. The highest BCUT2D eigenvalue weighted by atomic mass is 127. The van der Waals surface area contributed by atoms with Gasteiger partial charge in [0.25, 0.3) is 0 Å². The van der Waals surface area contributed by atoms with Gasteiger partial charge in [-0.3, -0.25) is 4.79 Å². The monoisotopic (exact) mass is 450 g/mol. The van der Waals surface area contributed by atoms with Gasteiger partial charge in [-0.2, -0.15) is 0 Å². The van der Waals surface area contributed by atoms with Crippen LogP contribution in [0.1, 0.15) is 37.8 Å². The van der Waals surface area contributed by atoms with Crippen LogP contribution in [-0.2, 0) is 11.3 Å². The SMILES string of the molecule is CCCNC(=O)CCNC(=NCc1ccc(F)c(C)c1)NCC.I. The molecule has 7 heteroatoms. The van der Waals surface area contributed by atoms with Crippen LogP contribution in [0.3, 0.4) is 0 Å². The summed E-state index contributed by atoms with van der Waals surface area (Å²) in [4.78, 5) is 16.0. The van der Waals surface area contributed by atoms with Gasteiger partial charge in [-0.1, -0.05) is 19.1 Å². The fourth-order valence-corrected chi connectivity index (χ4v) is 1.96. The van der Waals surface area contributed by atoms with Crippen molar-refractivity contribution in [2.45, 2.75) is 40.2 Å². The van der Waals surface area contributed by atoms with Crippen molar-refractivity contribution in [1.82, 2.24) is 16.0 Å². The van der Waals surface area contributed by atoms with E-state index < -0.39 is 0 Å². The molecule has 0 spiro atoms. The Morgan fingerprint density at radius 3 is 2.54 bits per heavy atom. The molecule has 0 heterocycles. The molecule has 0 aliphatic heterocycles. The highest BCUT2D eigenvalue weighted by molar-refractivity contribution is 14.0. The van der Waals surface area contributed by atoms with Crippen LogP contribution in [0.25, 0.3) is 0 Å². The second-order valence-corrected chi connectivity index (χ2v) is 5.31. The molecule has 0 aliphatic rings. The maximum absolute atomic E-state index is 13.3. The van der Waals surface area contributed by atoms with Gasteiger partial charge in [0, 0.05) is 26.1 Å². The van der Waals surface area contributed by atoms with Crippen molar-refractivity contribution in [3.63, 3.8) is 0 Å². The number of rotatable bonds is 8. The molecule has 1 amide bonds. The van der Waals surface area contributed by atoms with E-state index in [2.05, 4.69) is 20.9 Å². The third-order valence-corrected chi connectivity index (χ3v) is 3.20. The predicted molar refractivity (Wildman–Crippen MR) is 107 cm³/mol. The number of nitrogens with zero attached hydrogens (tertiary/aromatic N) is 1. The smallest absolute Gasteiger partial charge is 0.221 e. The number of halogens is 2. The number of carbonyl (C=O) groups excluding carboxylic acids is 1. The van der Waals surface area contributed by atoms with E-state index in [1.807, 2.05) is 13.8 Å². The Kier molecular flexibility index (Phi) is 12.2. The number of benzene rings is 1. The molecule has 0 saturated heterocycles. The van der Waals surface area contributed by atoms with Gasteiger partial charge in [0.1, 0.15) is 5.82 Å².